The summed E-state index contributed by atoms with van der Waals surface area (Å²) in [6.07, 6.45) is 11.5. The quantitative estimate of drug-likeness (QED) is 0.583. The summed E-state index contributed by atoms with van der Waals surface area (Å²) in [7, 11) is 0. The molecule has 126 valence electrons. The lowest BCUT2D eigenvalue weighted by Crippen LogP contribution is -2.54. The first kappa shape index (κ1) is 14.5. The van der Waals surface area contributed by atoms with E-state index in [1.54, 1.807) is 5.57 Å². The average molecular weight is 316 g/mol. The lowest BCUT2D eigenvalue weighted by molar-refractivity contribution is -0.161. The Morgan fingerprint density at radius 3 is 2.78 bits per heavy atom. The molecule has 5 rings (SSSR count). The van der Waals surface area contributed by atoms with E-state index in [1.807, 2.05) is 6.92 Å². The van der Waals surface area contributed by atoms with Crippen molar-refractivity contribution in [2.75, 3.05) is 6.61 Å². The zero-order chi connectivity index (χ0) is 16.1. The molecule has 6 atom stereocenters. The topological polar surface area (TPSA) is 49.8 Å². The number of fused-ring (bicyclic) bond motifs is 4. The van der Waals surface area contributed by atoms with Crippen LogP contribution < -0.4 is 0 Å². The standard InChI is InChI=1S/C20H28O3/c1-17-7-3-8-18(2,16(21)22)14(17)6-9-19-10-13(4-5-15(17)19)20(11-19)12-23-20/h5,13-14H,3-4,6-12H2,1-2H3,(H,21,22)/t13-,14+,17-,18-,19+,20+/m1/s1. The van der Waals surface area contributed by atoms with Gasteiger partial charge < -0.3 is 9.84 Å². The van der Waals surface area contributed by atoms with Crippen LogP contribution in [0.4, 0.5) is 0 Å². The molecule has 2 bridgehead atoms. The number of ether oxygens (including phenoxy) is 1. The number of hydrogen-bond acceptors (Lipinski definition) is 2. The molecule has 2 spiro atoms. The second kappa shape index (κ2) is 4.04. The Morgan fingerprint density at radius 2 is 2.09 bits per heavy atom. The third-order valence-corrected chi connectivity index (χ3v) is 8.66. The summed E-state index contributed by atoms with van der Waals surface area (Å²) in [6, 6.07) is 0. The van der Waals surface area contributed by atoms with Crippen molar-refractivity contribution in [1.82, 2.24) is 0 Å². The Labute approximate surface area is 138 Å². The molecule has 0 aromatic heterocycles. The number of rotatable bonds is 1. The Hall–Kier alpha value is -0.830. The highest BCUT2D eigenvalue weighted by Gasteiger charge is 2.69. The molecule has 23 heavy (non-hydrogen) atoms. The largest absolute Gasteiger partial charge is 0.481 e. The van der Waals surface area contributed by atoms with Gasteiger partial charge in [-0.2, -0.15) is 0 Å². The fourth-order valence-electron chi connectivity index (χ4n) is 7.53. The van der Waals surface area contributed by atoms with Gasteiger partial charge in [-0.1, -0.05) is 25.0 Å². The average Bonchev–Trinajstić information content (AvgIpc) is 3.22. The van der Waals surface area contributed by atoms with Crippen molar-refractivity contribution in [2.24, 2.45) is 28.1 Å². The second-order valence-corrected chi connectivity index (χ2v) is 9.65. The molecule has 1 saturated heterocycles. The summed E-state index contributed by atoms with van der Waals surface area (Å²) in [6.45, 7) is 5.37. The molecule has 3 saturated carbocycles. The van der Waals surface area contributed by atoms with Crippen LogP contribution in [0.5, 0.6) is 0 Å². The highest BCUT2D eigenvalue weighted by molar-refractivity contribution is 5.75. The predicted molar refractivity (Wildman–Crippen MR) is 87.0 cm³/mol. The molecule has 1 heterocycles. The molecular formula is C20H28O3. The van der Waals surface area contributed by atoms with E-state index in [0.29, 0.717) is 11.3 Å². The molecule has 0 aromatic rings. The Kier molecular flexibility index (Phi) is 2.55. The molecule has 0 aromatic carbocycles. The minimum atomic E-state index is -0.577. The van der Waals surface area contributed by atoms with E-state index in [0.717, 1.165) is 38.2 Å². The van der Waals surface area contributed by atoms with Crippen molar-refractivity contribution in [3.63, 3.8) is 0 Å². The van der Waals surface area contributed by atoms with Crippen LogP contribution in [0.15, 0.2) is 11.6 Å². The van der Waals surface area contributed by atoms with Gasteiger partial charge >= 0.3 is 5.97 Å². The molecule has 5 aliphatic rings. The Morgan fingerprint density at radius 1 is 1.30 bits per heavy atom. The van der Waals surface area contributed by atoms with Gasteiger partial charge in [-0.05, 0) is 74.5 Å². The smallest absolute Gasteiger partial charge is 0.309 e. The third kappa shape index (κ3) is 1.58. The van der Waals surface area contributed by atoms with Gasteiger partial charge in [-0.15, -0.1) is 0 Å². The SMILES string of the molecule is C[C@@]1(C(=O)O)CCC[C@@]2(C)C3=CC[C@@H]4C[C@@]3(CC[C@H]12)C[C@]41CO1. The monoisotopic (exact) mass is 316 g/mol. The Bertz CT molecular complexity index is 618. The molecule has 3 heteroatoms. The van der Waals surface area contributed by atoms with Crippen LogP contribution in [0.3, 0.4) is 0 Å². The van der Waals surface area contributed by atoms with Crippen molar-refractivity contribution < 1.29 is 14.6 Å². The second-order valence-electron chi connectivity index (χ2n) is 9.65. The van der Waals surface area contributed by atoms with E-state index >= 15 is 0 Å². The van der Waals surface area contributed by atoms with Crippen molar-refractivity contribution in [1.29, 1.82) is 0 Å². The number of carbonyl (C=O) groups is 1. The predicted octanol–water partition coefficient (Wildman–Crippen LogP) is 4.17. The van der Waals surface area contributed by atoms with Gasteiger partial charge in [0.15, 0.2) is 0 Å². The lowest BCUT2D eigenvalue weighted by Gasteiger charge is -2.60. The first-order valence-corrected chi connectivity index (χ1v) is 9.43. The van der Waals surface area contributed by atoms with Crippen LogP contribution >= 0.6 is 0 Å². The van der Waals surface area contributed by atoms with E-state index in [2.05, 4.69) is 13.0 Å². The van der Waals surface area contributed by atoms with Crippen LogP contribution in [0.1, 0.15) is 65.2 Å². The minimum Gasteiger partial charge on any atom is -0.481 e. The van der Waals surface area contributed by atoms with Gasteiger partial charge in [0.25, 0.3) is 0 Å². The summed E-state index contributed by atoms with van der Waals surface area (Å²) in [5.74, 6) is 0.444. The van der Waals surface area contributed by atoms with Gasteiger partial charge in [0.2, 0.25) is 0 Å². The van der Waals surface area contributed by atoms with E-state index in [9.17, 15) is 9.90 Å². The maximum absolute atomic E-state index is 12.1. The van der Waals surface area contributed by atoms with Crippen LogP contribution in [-0.2, 0) is 9.53 Å². The minimum absolute atomic E-state index is 0.0923. The zero-order valence-electron chi connectivity index (χ0n) is 14.4. The molecule has 3 nitrogen and oxygen atoms in total. The highest BCUT2D eigenvalue weighted by Crippen LogP contribution is 2.73. The van der Waals surface area contributed by atoms with E-state index in [4.69, 9.17) is 4.74 Å². The molecule has 4 aliphatic carbocycles. The van der Waals surface area contributed by atoms with Crippen LogP contribution in [-0.4, -0.2) is 23.3 Å². The number of carboxylic acid groups (broad SMARTS) is 1. The number of aliphatic carboxylic acids is 1. The summed E-state index contributed by atoms with van der Waals surface area (Å²) in [5.41, 5.74) is 1.72. The molecule has 4 fully saturated rings. The van der Waals surface area contributed by atoms with Crippen molar-refractivity contribution in [3.05, 3.63) is 11.6 Å². The number of epoxide rings is 1. The van der Waals surface area contributed by atoms with Gasteiger partial charge in [0, 0.05) is 0 Å². The zero-order valence-corrected chi connectivity index (χ0v) is 14.4. The van der Waals surface area contributed by atoms with Gasteiger partial charge in [-0.25, -0.2) is 0 Å². The van der Waals surface area contributed by atoms with Crippen LogP contribution in [0.25, 0.3) is 0 Å². The molecule has 1 N–H and O–H groups in total. The van der Waals surface area contributed by atoms with Gasteiger partial charge in [-0.3, -0.25) is 4.79 Å². The van der Waals surface area contributed by atoms with E-state index in [1.165, 1.54) is 25.7 Å². The van der Waals surface area contributed by atoms with Crippen molar-refractivity contribution >= 4 is 5.97 Å². The van der Waals surface area contributed by atoms with Crippen molar-refractivity contribution in [2.45, 2.75) is 70.8 Å². The summed E-state index contributed by atoms with van der Waals surface area (Å²) < 4.78 is 5.94. The third-order valence-electron chi connectivity index (χ3n) is 8.66. The lowest BCUT2D eigenvalue weighted by atomic mass is 9.44. The fraction of sp³-hybridized carbons (Fsp3) is 0.850. The van der Waals surface area contributed by atoms with Crippen molar-refractivity contribution in [3.8, 4) is 0 Å². The van der Waals surface area contributed by atoms with Crippen LogP contribution in [0, 0.1) is 28.1 Å². The first-order valence-electron chi connectivity index (χ1n) is 9.43. The first-order chi connectivity index (χ1) is 10.8. The summed E-state index contributed by atoms with van der Waals surface area (Å²) in [5, 5.41) is 9.93. The summed E-state index contributed by atoms with van der Waals surface area (Å²) >= 11 is 0. The molecular weight excluding hydrogens is 288 g/mol. The number of allylic oxidation sites excluding steroid dienone is 2. The van der Waals surface area contributed by atoms with Gasteiger partial charge in [0.05, 0.1) is 17.6 Å². The fourth-order valence-corrected chi connectivity index (χ4v) is 7.53. The summed E-state index contributed by atoms with van der Waals surface area (Å²) in [4.78, 5) is 12.1. The number of hydrogen-bond donors (Lipinski definition) is 1. The highest BCUT2D eigenvalue weighted by atomic mass is 16.6. The van der Waals surface area contributed by atoms with Gasteiger partial charge in [0.1, 0.15) is 0 Å². The van der Waals surface area contributed by atoms with E-state index < -0.39 is 11.4 Å². The Balaban J connectivity index is 1.59. The molecule has 0 amide bonds. The normalized spacial score (nSPS) is 56.7. The molecule has 0 unspecified atom stereocenters. The molecule has 0 radical (unpaired) electrons. The maximum atomic E-state index is 12.1. The maximum Gasteiger partial charge on any atom is 0.309 e. The van der Waals surface area contributed by atoms with E-state index in [-0.39, 0.29) is 11.0 Å². The number of carboxylic acids is 1. The molecule has 1 aliphatic heterocycles. The van der Waals surface area contributed by atoms with Crippen LogP contribution in [0.2, 0.25) is 0 Å².